The summed E-state index contributed by atoms with van der Waals surface area (Å²) in [5.41, 5.74) is 2.48. The minimum absolute atomic E-state index is 0.111. The fourth-order valence-electron chi connectivity index (χ4n) is 1.60. The first kappa shape index (κ1) is 14.7. The average Bonchev–Trinajstić information content (AvgIpc) is 2.34. The van der Waals surface area contributed by atoms with Crippen LogP contribution in [0.5, 0.6) is 0 Å². The van der Waals surface area contributed by atoms with Crippen LogP contribution in [0.3, 0.4) is 0 Å². The summed E-state index contributed by atoms with van der Waals surface area (Å²) in [6.07, 6.45) is 1.17. The van der Waals surface area contributed by atoms with Crippen LogP contribution >= 0.6 is 15.9 Å². The van der Waals surface area contributed by atoms with Gasteiger partial charge in [0.1, 0.15) is 0 Å². The van der Waals surface area contributed by atoms with Gasteiger partial charge in [0, 0.05) is 11.9 Å². The molecule has 3 heteroatoms. The summed E-state index contributed by atoms with van der Waals surface area (Å²) in [5, 5.41) is 0.810. The number of alkyl halides is 1. The molecule has 0 heterocycles. The fourth-order valence-corrected chi connectivity index (χ4v) is 2.16. The zero-order chi connectivity index (χ0) is 12.5. The third kappa shape index (κ3) is 5.66. The molecular formula is C14H21BrO2. The van der Waals surface area contributed by atoms with Gasteiger partial charge in [0.05, 0.1) is 19.3 Å². The third-order valence-corrected chi connectivity index (χ3v) is 3.04. The second kappa shape index (κ2) is 8.67. The van der Waals surface area contributed by atoms with Crippen molar-refractivity contribution in [2.75, 3.05) is 25.2 Å². The second-order valence-corrected chi connectivity index (χ2v) is 4.69. The predicted octanol–water partition coefficient (Wildman–Crippen LogP) is 3.87. The van der Waals surface area contributed by atoms with E-state index in [2.05, 4.69) is 54.0 Å². The van der Waals surface area contributed by atoms with Gasteiger partial charge < -0.3 is 9.47 Å². The highest BCUT2D eigenvalue weighted by atomic mass is 79.9. The average molecular weight is 301 g/mol. The van der Waals surface area contributed by atoms with Gasteiger partial charge in [0.25, 0.3) is 0 Å². The zero-order valence-electron chi connectivity index (χ0n) is 10.6. The first-order valence-electron chi connectivity index (χ1n) is 6.09. The summed E-state index contributed by atoms with van der Waals surface area (Å²) >= 11 is 3.49. The topological polar surface area (TPSA) is 18.5 Å². The highest BCUT2D eigenvalue weighted by Gasteiger charge is 2.10. The van der Waals surface area contributed by atoms with Crippen molar-refractivity contribution in [1.29, 1.82) is 0 Å². The number of hydrogen-bond donors (Lipinski definition) is 0. The van der Waals surface area contributed by atoms with Crippen LogP contribution in [-0.4, -0.2) is 25.2 Å². The Kier molecular flexibility index (Phi) is 7.49. The van der Waals surface area contributed by atoms with Gasteiger partial charge in [-0.15, -0.1) is 0 Å². The maximum atomic E-state index is 5.81. The molecular weight excluding hydrogens is 280 g/mol. The zero-order valence-corrected chi connectivity index (χ0v) is 12.2. The van der Waals surface area contributed by atoms with E-state index in [1.54, 1.807) is 0 Å². The number of rotatable bonds is 8. The van der Waals surface area contributed by atoms with Crippen LogP contribution in [-0.2, 0) is 9.47 Å². The van der Waals surface area contributed by atoms with Crippen LogP contribution in [0.25, 0.3) is 0 Å². The quantitative estimate of drug-likeness (QED) is 0.536. The molecule has 96 valence electrons. The van der Waals surface area contributed by atoms with Gasteiger partial charge in [0.15, 0.2) is 0 Å². The molecule has 17 heavy (non-hydrogen) atoms. The van der Waals surface area contributed by atoms with Gasteiger partial charge in [-0.3, -0.25) is 0 Å². The van der Waals surface area contributed by atoms with E-state index in [0.29, 0.717) is 13.2 Å². The lowest BCUT2D eigenvalue weighted by Gasteiger charge is -2.16. The Labute approximate surface area is 112 Å². The minimum atomic E-state index is 0.111. The molecule has 2 nitrogen and oxygen atoms in total. The summed E-state index contributed by atoms with van der Waals surface area (Å²) in [6.45, 7) is 6.33. The number of ether oxygens (including phenoxy) is 2. The van der Waals surface area contributed by atoms with Gasteiger partial charge in [-0.05, 0) is 18.9 Å². The van der Waals surface area contributed by atoms with Crippen LogP contribution < -0.4 is 0 Å². The lowest BCUT2D eigenvalue weighted by Crippen LogP contribution is -2.11. The fraction of sp³-hybridized carbons (Fsp3) is 0.571. The molecule has 0 aliphatic heterocycles. The molecule has 1 unspecified atom stereocenters. The normalized spacial score (nSPS) is 12.6. The predicted molar refractivity (Wildman–Crippen MR) is 74.8 cm³/mol. The molecule has 1 aromatic rings. The Balaban J connectivity index is 2.38. The summed E-state index contributed by atoms with van der Waals surface area (Å²) in [7, 11) is 0. The Morgan fingerprint density at radius 1 is 1.24 bits per heavy atom. The lowest BCUT2D eigenvalue weighted by molar-refractivity contribution is 0.0141. The van der Waals surface area contributed by atoms with E-state index in [4.69, 9.17) is 9.47 Å². The molecule has 0 saturated carbocycles. The molecule has 1 aromatic carbocycles. The highest BCUT2D eigenvalue weighted by Crippen LogP contribution is 2.20. The van der Waals surface area contributed by atoms with E-state index in [0.717, 1.165) is 18.4 Å². The molecule has 0 spiro atoms. The monoisotopic (exact) mass is 300 g/mol. The lowest BCUT2D eigenvalue weighted by atomic mass is 10.1. The van der Waals surface area contributed by atoms with Gasteiger partial charge in [-0.2, -0.15) is 0 Å². The molecule has 0 saturated heterocycles. The van der Waals surface area contributed by atoms with Crippen molar-refractivity contribution in [3.05, 3.63) is 35.4 Å². The van der Waals surface area contributed by atoms with Crippen LogP contribution in [0.4, 0.5) is 0 Å². The smallest absolute Gasteiger partial charge is 0.0922 e. The summed E-state index contributed by atoms with van der Waals surface area (Å²) in [5.74, 6) is 0. The Hall–Kier alpha value is -0.380. The van der Waals surface area contributed by atoms with Crippen molar-refractivity contribution in [2.24, 2.45) is 0 Å². The van der Waals surface area contributed by atoms with E-state index in [9.17, 15) is 0 Å². The molecule has 0 N–H and O–H groups in total. The first-order valence-corrected chi connectivity index (χ1v) is 7.22. The molecule has 0 aliphatic rings. The second-order valence-electron chi connectivity index (χ2n) is 4.04. The Bertz CT molecular complexity index is 315. The van der Waals surface area contributed by atoms with E-state index in [1.165, 1.54) is 11.1 Å². The molecule has 0 bridgehead atoms. The summed E-state index contributed by atoms with van der Waals surface area (Å²) in [6, 6.07) is 8.43. The number of aryl methyl sites for hydroxylation is 1. The van der Waals surface area contributed by atoms with Crippen LogP contribution in [0.2, 0.25) is 0 Å². The van der Waals surface area contributed by atoms with Gasteiger partial charge in [-0.25, -0.2) is 0 Å². The molecule has 1 rings (SSSR count). The number of hydrogen-bond acceptors (Lipinski definition) is 2. The van der Waals surface area contributed by atoms with Crippen molar-refractivity contribution in [3.63, 3.8) is 0 Å². The van der Waals surface area contributed by atoms with Crippen molar-refractivity contribution in [3.8, 4) is 0 Å². The van der Waals surface area contributed by atoms with Gasteiger partial charge in [0.2, 0.25) is 0 Å². The number of benzene rings is 1. The standard InChI is InChI=1S/C14H21BrO2/c1-3-7-16-8-9-17-14(11-15)13-6-4-5-12(2)10-13/h4-6,10,14H,3,7-9,11H2,1-2H3. The van der Waals surface area contributed by atoms with E-state index >= 15 is 0 Å². The molecule has 0 aromatic heterocycles. The third-order valence-electron chi connectivity index (χ3n) is 2.45. The van der Waals surface area contributed by atoms with E-state index in [-0.39, 0.29) is 6.10 Å². The summed E-state index contributed by atoms with van der Waals surface area (Å²) < 4.78 is 11.2. The van der Waals surface area contributed by atoms with Crippen LogP contribution in [0, 0.1) is 6.92 Å². The molecule has 0 fully saturated rings. The minimum Gasteiger partial charge on any atom is -0.379 e. The van der Waals surface area contributed by atoms with Crippen molar-refractivity contribution >= 4 is 15.9 Å². The van der Waals surface area contributed by atoms with E-state index in [1.807, 2.05) is 0 Å². The first-order chi connectivity index (χ1) is 8.27. The van der Waals surface area contributed by atoms with Crippen LogP contribution in [0.1, 0.15) is 30.6 Å². The SMILES string of the molecule is CCCOCCOC(CBr)c1cccc(C)c1. The summed E-state index contributed by atoms with van der Waals surface area (Å²) in [4.78, 5) is 0. The highest BCUT2D eigenvalue weighted by molar-refractivity contribution is 9.09. The van der Waals surface area contributed by atoms with Gasteiger partial charge >= 0.3 is 0 Å². The van der Waals surface area contributed by atoms with Gasteiger partial charge in [-0.1, -0.05) is 52.7 Å². The molecule has 1 atom stereocenters. The Morgan fingerprint density at radius 2 is 2.06 bits per heavy atom. The molecule has 0 amide bonds. The van der Waals surface area contributed by atoms with Crippen LogP contribution in [0.15, 0.2) is 24.3 Å². The Morgan fingerprint density at radius 3 is 2.71 bits per heavy atom. The largest absolute Gasteiger partial charge is 0.379 e. The molecule has 0 radical (unpaired) electrons. The maximum absolute atomic E-state index is 5.81. The maximum Gasteiger partial charge on any atom is 0.0922 e. The molecule has 0 aliphatic carbocycles. The van der Waals surface area contributed by atoms with Crippen molar-refractivity contribution in [1.82, 2.24) is 0 Å². The van der Waals surface area contributed by atoms with Crippen molar-refractivity contribution in [2.45, 2.75) is 26.4 Å². The number of halogens is 1. The van der Waals surface area contributed by atoms with E-state index < -0.39 is 0 Å². The van der Waals surface area contributed by atoms with Crippen molar-refractivity contribution < 1.29 is 9.47 Å².